The Hall–Kier alpha value is -2.09. The highest BCUT2D eigenvalue weighted by Crippen LogP contribution is 2.18. The van der Waals surface area contributed by atoms with Crippen molar-refractivity contribution in [2.45, 2.75) is 12.5 Å². The minimum Gasteiger partial charge on any atom is -0.374 e. The number of hydrogen-bond donors (Lipinski definition) is 1. The van der Waals surface area contributed by atoms with Crippen LogP contribution in [0.4, 0.5) is 10.1 Å². The predicted molar refractivity (Wildman–Crippen MR) is 60.8 cm³/mol. The molecule has 0 radical (unpaired) electrons. The molecule has 1 saturated heterocycles. The number of benzene rings is 1. The van der Waals surface area contributed by atoms with Crippen LogP contribution in [-0.4, -0.2) is 30.4 Å². The quantitative estimate of drug-likeness (QED) is 0.838. The van der Waals surface area contributed by atoms with Gasteiger partial charge in [0, 0.05) is 19.3 Å². The van der Waals surface area contributed by atoms with Gasteiger partial charge in [-0.3, -0.25) is 4.79 Å². The smallest absolute Gasteiger partial charge is 0.244 e. The lowest BCUT2D eigenvalue weighted by Crippen LogP contribution is -2.30. The molecule has 1 aromatic carbocycles. The van der Waals surface area contributed by atoms with E-state index < -0.39 is 5.82 Å². The molecule has 1 amide bonds. The van der Waals surface area contributed by atoms with E-state index in [4.69, 9.17) is 5.26 Å². The maximum Gasteiger partial charge on any atom is 0.244 e. The molecule has 5 heteroatoms. The summed E-state index contributed by atoms with van der Waals surface area (Å²) in [5.41, 5.74) is 0.574. The lowest BCUT2D eigenvalue weighted by atomic mass is 10.1. The minimum atomic E-state index is -0.548. The number of nitriles is 1. The maximum atomic E-state index is 13.1. The summed E-state index contributed by atoms with van der Waals surface area (Å²) in [7, 11) is 1.75. The molecule has 1 aliphatic heterocycles. The van der Waals surface area contributed by atoms with Crippen LogP contribution in [0.5, 0.6) is 0 Å². The molecular formula is C12H12FN3O. The van der Waals surface area contributed by atoms with Gasteiger partial charge in [-0.25, -0.2) is 4.39 Å². The number of nitrogens with zero attached hydrogens (tertiary/aromatic N) is 2. The SMILES string of the molecule is CN1CCC(Nc2ccc(F)c(C#N)c2)C1=O. The highest BCUT2D eigenvalue weighted by molar-refractivity contribution is 5.86. The van der Waals surface area contributed by atoms with Gasteiger partial charge >= 0.3 is 0 Å². The van der Waals surface area contributed by atoms with Crippen LogP contribution in [-0.2, 0) is 4.79 Å². The summed E-state index contributed by atoms with van der Waals surface area (Å²) in [6, 6.07) is 5.66. The van der Waals surface area contributed by atoms with Crippen LogP contribution in [0.15, 0.2) is 18.2 Å². The molecule has 0 spiro atoms. The summed E-state index contributed by atoms with van der Waals surface area (Å²) < 4.78 is 13.1. The van der Waals surface area contributed by atoms with Gasteiger partial charge in [0.15, 0.2) is 0 Å². The molecule has 0 aliphatic carbocycles. The number of halogens is 1. The van der Waals surface area contributed by atoms with Crippen molar-refractivity contribution in [3.8, 4) is 6.07 Å². The third-order valence-corrected chi connectivity index (χ3v) is 2.86. The van der Waals surface area contributed by atoms with E-state index in [1.54, 1.807) is 18.0 Å². The minimum absolute atomic E-state index is 0.0196. The summed E-state index contributed by atoms with van der Waals surface area (Å²) in [5, 5.41) is 11.7. The van der Waals surface area contributed by atoms with Gasteiger partial charge in [-0.1, -0.05) is 0 Å². The van der Waals surface area contributed by atoms with Crippen LogP contribution >= 0.6 is 0 Å². The second-order valence-corrected chi connectivity index (χ2v) is 4.05. The Morgan fingerprint density at radius 2 is 2.35 bits per heavy atom. The first-order valence-corrected chi connectivity index (χ1v) is 5.33. The number of amides is 1. The van der Waals surface area contributed by atoms with Crippen molar-refractivity contribution in [2.24, 2.45) is 0 Å². The number of carbonyl (C=O) groups excluding carboxylic acids is 1. The number of hydrogen-bond acceptors (Lipinski definition) is 3. The molecule has 88 valence electrons. The fraction of sp³-hybridized carbons (Fsp3) is 0.333. The van der Waals surface area contributed by atoms with Crippen LogP contribution in [0.2, 0.25) is 0 Å². The van der Waals surface area contributed by atoms with Gasteiger partial charge in [-0.15, -0.1) is 0 Å². The van der Waals surface area contributed by atoms with Crippen molar-refractivity contribution in [2.75, 3.05) is 18.9 Å². The number of anilines is 1. The van der Waals surface area contributed by atoms with Crippen molar-refractivity contribution < 1.29 is 9.18 Å². The summed E-state index contributed by atoms with van der Waals surface area (Å²) in [5.74, 6) is -0.527. The van der Waals surface area contributed by atoms with Crippen molar-refractivity contribution in [1.29, 1.82) is 5.26 Å². The molecular weight excluding hydrogens is 221 g/mol. The summed E-state index contributed by atoms with van der Waals surface area (Å²) in [6.45, 7) is 0.711. The molecule has 0 saturated carbocycles. The predicted octanol–water partition coefficient (Wildman–Crippen LogP) is 1.34. The van der Waals surface area contributed by atoms with E-state index in [-0.39, 0.29) is 17.5 Å². The molecule has 1 aromatic rings. The van der Waals surface area contributed by atoms with E-state index in [9.17, 15) is 9.18 Å². The van der Waals surface area contributed by atoms with Crippen LogP contribution < -0.4 is 5.32 Å². The lowest BCUT2D eigenvalue weighted by Gasteiger charge is -2.13. The topological polar surface area (TPSA) is 56.1 Å². The molecule has 0 aromatic heterocycles. The summed E-state index contributed by atoms with van der Waals surface area (Å²) >= 11 is 0. The zero-order valence-electron chi connectivity index (χ0n) is 9.40. The fourth-order valence-corrected chi connectivity index (χ4v) is 1.86. The third-order valence-electron chi connectivity index (χ3n) is 2.86. The average molecular weight is 233 g/mol. The van der Waals surface area contributed by atoms with Crippen LogP contribution in [0.25, 0.3) is 0 Å². The van der Waals surface area contributed by atoms with E-state index in [0.717, 1.165) is 0 Å². The first-order valence-electron chi connectivity index (χ1n) is 5.33. The Morgan fingerprint density at radius 3 is 2.94 bits per heavy atom. The largest absolute Gasteiger partial charge is 0.374 e. The highest BCUT2D eigenvalue weighted by atomic mass is 19.1. The molecule has 1 aliphatic rings. The van der Waals surface area contributed by atoms with E-state index >= 15 is 0 Å². The van der Waals surface area contributed by atoms with E-state index in [1.807, 2.05) is 0 Å². The molecule has 1 unspecified atom stereocenters. The molecule has 1 N–H and O–H groups in total. The number of carbonyl (C=O) groups is 1. The highest BCUT2D eigenvalue weighted by Gasteiger charge is 2.28. The fourth-order valence-electron chi connectivity index (χ4n) is 1.86. The van der Waals surface area contributed by atoms with Gasteiger partial charge in [-0.05, 0) is 24.6 Å². The van der Waals surface area contributed by atoms with E-state index in [1.165, 1.54) is 18.2 Å². The lowest BCUT2D eigenvalue weighted by molar-refractivity contribution is -0.127. The Kier molecular flexibility index (Phi) is 2.96. The molecule has 1 heterocycles. The number of likely N-dealkylation sites (tertiary alicyclic amines) is 1. The molecule has 0 bridgehead atoms. The van der Waals surface area contributed by atoms with Gasteiger partial charge in [0.1, 0.15) is 17.9 Å². The van der Waals surface area contributed by atoms with Gasteiger partial charge in [0.25, 0.3) is 0 Å². The molecule has 4 nitrogen and oxygen atoms in total. The van der Waals surface area contributed by atoms with Crippen molar-refractivity contribution in [3.63, 3.8) is 0 Å². The maximum absolute atomic E-state index is 13.1. The van der Waals surface area contributed by atoms with Gasteiger partial charge in [0.2, 0.25) is 5.91 Å². The summed E-state index contributed by atoms with van der Waals surface area (Å²) in [4.78, 5) is 13.3. The molecule has 17 heavy (non-hydrogen) atoms. The Morgan fingerprint density at radius 1 is 1.59 bits per heavy atom. The first kappa shape index (κ1) is 11.4. The van der Waals surface area contributed by atoms with Crippen LogP contribution in [0, 0.1) is 17.1 Å². The average Bonchev–Trinajstić information content (AvgIpc) is 2.63. The van der Waals surface area contributed by atoms with Crippen molar-refractivity contribution >= 4 is 11.6 Å². The van der Waals surface area contributed by atoms with E-state index in [2.05, 4.69) is 5.32 Å². The first-order chi connectivity index (χ1) is 8.11. The molecule has 1 fully saturated rings. The second kappa shape index (κ2) is 4.42. The Bertz CT molecular complexity index is 495. The third kappa shape index (κ3) is 2.21. The molecule has 2 rings (SSSR count). The van der Waals surface area contributed by atoms with Gasteiger partial charge in [-0.2, -0.15) is 5.26 Å². The Labute approximate surface area is 98.6 Å². The normalized spacial score (nSPS) is 19.2. The zero-order chi connectivity index (χ0) is 12.4. The standard InChI is InChI=1S/C12H12FN3O/c1-16-5-4-11(12(16)17)15-9-2-3-10(13)8(6-9)7-14/h2-3,6,11,15H,4-5H2,1H3. The number of likely N-dealkylation sites (N-methyl/N-ethyl adjacent to an activating group) is 1. The Balaban J connectivity index is 2.15. The van der Waals surface area contributed by atoms with Gasteiger partial charge < -0.3 is 10.2 Å². The second-order valence-electron chi connectivity index (χ2n) is 4.05. The van der Waals surface area contributed by atoms with Crippen LogP contribution in [0.1, 0.15) is 12.0 Å². The monoisotopic (exact) mass is 233 g/mol. The van der Waals surface area contributed by atoms with E-state index in [0.29, 0.717) is 18.7 Å². The van der Waals surface area contributed by atoms with Crippen molar-refractivity contribution in [3.05, 3.63) is 29.6 Å². The van der Waals surface area contributed by atoms with Crippen LogP contribution in [0.3, 0.4) is 0 Å². The zero-order valence-corrected chi connectivity index (χ0v) is 9.40. The number of nitrogens with one attached hydrogen (secondary N) is 1. The molecule has 1 atom stereocenters. The van der Waals surface area contributed by atoms with Gasteiger partial charge in [0.05, 0.1) is 5.56 Å². The summed E-state index contributed by atoms with van der Waals surface area (Å²) in [6.07, 6.45) is 0.717. The number of rotatable bonds is 2. The van der Waals surface area contributed by atoms with Crippen molar-refractivity contribution in [1.82, 2.24) is 4.90 Å².